The molecule has 1 heterocycles. The van der Waals surface area contributed by atoms with E-state index in [1.54, 1.807) is 0 Å². The second kappa shape index (κ2) is 7.77. The first-order valence-corrected chi connectivity index (χ1v) is 7.80. The molecule has 3 heteroatoms. The van der Waals surface area contributed by atoms with Crippen molar-refractivity contribution in [2.24, 2.45) is 5.92 Å². The van der Waals surface area contributed by atoms with Gasteiger partial charge in [-0.25, -0.2) is 0 Å². The molecule has 1 aromatic rings. The lowest BCUT2D eigenvalue weighted by Crippen LogP contribution is -2.41. The van der Waals surface area contributed by atoms with E-state index in [1.165, 1.54) is 24.0 Å². The molecule has 1 aromatic carbocycles. The number of likely N-dealkylation sites (tertiary alicyclic amines) is 1. The molecule has 20 heavy (non-hydrogen) atoms. The molecule has 0 bridgehead atoms. The van der Waals surface area contributed by atoms with E-state index in [1.807, 2.05) is 0 Å². The van der Waals surface area contributed by atoms with Gasteiger partial charge in [-0.15, -0.1) is 0 Å². The third-order valence-electron chi connectivity index (χ3n) is 4.14. The molecule has 112 valence electrons. The predicted molar refractivity (Wildman–Crippen MR) is 83.7 cm³/mol. The van der Waals surface area contributed by atoms with Crippen LogP contribution >= 0.6 is 0 Å². The molecule has 1 unspecified atom stereocenters. The van der Waals surface area contributed by atoms with Crippen LogP contribution in [0.4, 0.5) is 0 Å². The van der Waals surface area contributed by atoms with Crippen molar-refractivity contribution in [3.05, 3.63) is 35.4 Å². The molecule has 1 saturated heterocycles. The van der Waals surface area contributed by atoms with Crippen LogP contribution in [0.5, 0.6) is 0 Å². The van der Waals surface area contributed by atoms with Crippen molar-refractivity contribution in [2.75, 3.05) is 26.2 Å². The molecule has 1 fully saturated rings. The van der Waals surface area contributed by atoms with Crippen LogP contribution in [0.2, 0.25) is 0 Å². The average molecular weight is 276 g/mol. The number of aryl methyl sites for hydroxylation is 1. The number of piperidine rings is 1. The van der Waals surface area contributed by atoms with E-state index in [0.29, 0.717) is 6.54 Å². The SMILES string of the molecule is Cc1cccc(CNCC(O)CN2CCC(C)CC2)c1. The second-order valence-corrected chi connectivity index (χ2v) is 6.26. The van der Waals surface area contributed by atoms with E-state index < -0.39 is 0 Å². The molecular formula is C17H28N2O. The van der Waals surface area contributed by atoms with E-state index >= 15 is 0 Å². The fourth-order valence-electron chi connectivity index (χ4n) is 2.81. The highest BCUT2D eigenvalue weighted by Crippen LogP contribution is 2.15. The topological polar surface area (TPSA) is 35.5 Å². The summed E-state index contributed by atoms with van der Waals surface area (Å²) in [5.74, 6) is 0.850. The Morgan fingerprint density at radius 2 is 2.10 bits per heavy atom. The van der Waals surface area contributed by atoms with Crippen LogP contribution < -0.4 is 5.32 Å². The van der Waals surface area contributed by atoms with E-state index in [0.717, 1.165) is 32.1 Å². The Hall–Kier alpha value is -0.900. The molecule has 0 aliphatic carbocycles. The van der Waals surface area contributed by atoms with Gasteiger partial charge in [0.25, 0.3) is 0 Å². The smallest absolute Gasteiger partial charge is 0.0791 e. The maximum Gasteiger partial charge on any atom is 0.0791 e. The van der Waals surface area contributed by atoms with Crippen LogP contribution in [0.25, 0.3) is 0 Å². The van der Waals surface area contributed by atoms with Crippen molar-refractivity contribution in [3.8, 4) is 0 Å². The number of benzene rings is 1. The zero-order valence-corrected chi connectivity index (χ0v) is 12.8. The van der Waals surface area contributed by atoms with Crippen LogP contribution in [0.15, 0.2) is 24.3 Å². The monoisotopic (exact) mass is 276 g/mol. The Balaban J connectivity index is 1.64. The fraction of sp³-hybridized carbons (Fsp3) is 0.647. The quantitative estimate of drug-likeness (QED) is 0.836. The number of β-amino-alcohol motifs (C(OH)–C–C–N with tert-alkyl or cyclic N) is 1. The zero-order chi connectivity index (χ0) is 14.4. The standard InChI is InChI=1S/C17H28N2O/c1-14-6-8-19(9-7-14)13-17(20)12-18-11-16-5-3-4-15(2)10-16/h3-5,10,14,17-18,20H,6-9,11-13H2,1-2H3. The Morgan fingerprint density at radius 3 is 2.80 bits per heavy atom. The number of hydrogen-bond acceptors (Lipinski definition) is 3. The number of aliphatic hydroxyl groups excluding tert-OH is 1. The summed E-state index contributed by atoms with van der Waals surface area (Å²) in [6.07, 6.45) is 2.26. The van der Waals surface area contributed by atoms with Crippen LogP contribution in [-0.4, -0.2) is 42.3 Å². The largest absolute Gasteiger partial charge is 0.390 e. The first-order chi connectivity index (χ1) is 9.63. The summed E-state index contributed by atoms with van der Waals surface area (Å²) < 4.78 is 0. The summed E-state index contributed by atoms with van der Waals surface area (Å²) in [5, 5.41) is 13.4. The van der Waals surface area contributed by atoms with E-state index in [9.17, 15) is 5.11 Å². The van der Waals surface area contributed by atoms with Gasteiger partial charge in [0.1, 0.15) is 0 Å². The Morgan fingerprint density at radius 1 is 1.35 bits per heavy atom. The van der Waals surface area contributed by atoms with E-state index in [-0.39, 0.29) is 6.10 Å². The number of aliphatic hydroxyl groups is 1. The molecule has 0 radical (unpaired) electrons. The number of hydrogen-bond donors (Lipinski definition) is 2. The van der Waals surface area contributed by atoms with Crippen LogP contribution in [0, 0.1) is 12.8 Å². The van der Waals surface area contributed by atoms with E-state index in [4.69, 9.17) is 0 Å². The number of nitrogens with one attached hydrogen (secondary N) is 1. The molecule has 1 aliphatic heterocycles. The van der Waals surface area contributed by atoms with Crippen molar-refractivity contribution in [3.63, 3.8) is 0 Å². The van der Waals surface area contributed by atoms with E-state index in [2.05, 4.69) is 48.3 Å². The normalized spacial score (nSPS) is 19.1. The summed E-state index contributed by atoms with van der Waals surface area (Å²) in [6, 6.07) is 8.50. The van der Waals surface area contributed by atoms with Crippen LogP contribution in [0.1, 0.15) is 30.9 Å². The van der Waals surface area contributed by atoms with Crippen molar-refractivity contribution >= 4 is 0 Å². The maximum absolute atomic E-state index is 10.1. The molecule has 0 saturated carbocycles. The maximum atomic E-state index is 10.1. The molecule has 2 N–H and O–H groups in total. The highest BCUT2D eigenvalue weighted by atomic mass is 16.3. The Kier molecular flexibility index (Phi) is 6.02. The highest BCUT2D eigenvalue weighted by Gasteiger charge is 2.17. The molecule has 0 spiro atoms. The zero-order valence-electron chi connectivity index (χ0n) is 12.8. The lowest BCUT2D eigenvalue weighted by atomic mass is 9.99. The first-order valence-electron chi connectivity index (χ1n) is 7.80. The van der Waals surface area contributed by atoms with Gasteiger partial charge in [-0.05, 0) is 44.3 Å². The predicted octanol–water partition coefficient (Wildman–Crippen LogP) is 2.18. The summed E-state index contributed by atoms with van der Waals surface area (Å²) in [5.41, 5.74) is 2.57. The molecular weight excluding hydrogens is 248 g/mol. The average Bonchev–Trinajstić information content (AvgIpc) is 2.41. The lowest BCUT2D eigenvalue weighted by Gasteiger charge is -2.31. The minimum absolute atomic E-state index is 0.270. The van der Waals surface area contributed by atoms with Gasteiger partial charge in [-0.3, -0.25) is 0 Å². The summed E-state index contributed by atoms with van der Waals surface area (Å²) in [7, 11) is 0. The molecule has 0 aromatic heterocycles. The van der Waals surface area contributed by atoms with Crippen molar-refractivity contribution < 1.29 is 5.11 Å². The highest BCUT2D eigenvalue weighted by molar-refractivity contribution is 5.21. The minimum atomic E-state index is -0.270. The Bertz CT molecular complexity index is 400. The van der Waals surface area contributed by atoms with Crippen LogP contribution in [0.3, 0.4) is 0 Å². The Labute approximate surface area is 123 Å². The van der Waals surface area contributed by atoms with Crippen molar-refractivity contribution in [1.82, 2.24) is 10.2 Å². The summed E-state index contributed by atoms with van der Waals surface area (Å²) in [4.78, 5) is 2.39. The molecule has 1 atom stereocenters. The molecule has 2 rings (SSSR count). The van der Waals surface area contributed by atoms with Gasteiger partial charge in [0.05, 0.1) is 6.10 Å². The van der Waals surface area contributed by atoms with Crippen molar-refractivity contribution in [1.29, 1.82) is 0 Å². The van der Waals surface area contributed by atoms with Crippen LogP contribution in [-0.2, 0) is 6.54 Å². The van der Waals surface area contributed by atoms with Gasteiger partial charge in [-0.2, -0.15) is 0 Å². The van der Waals surface area contributed by atoms with Gasteiger partial charge in [0.2, 0.25) is 0 Å². The van der Waals surface area contributed by atoms with Gasteiger partial charge in [0, 0.05) is 19.6 Å². The summed E-state index contributed by atoms with van der Waals surface area (Å²) in [6.45, 7) is 8.99. The summed E-state index contributed by atoms with van der Waals surface area (Å²) >= 11 is 0. The third-order valence-corrected chi connectivity index (χ3v) is 4.14. The van der Waals surface area contributed by atoms with Gasteiger partial charge in [0.15, 0.2) is 0 Å². The number of rotatable bonds is 6. The fourth-order valence-corrected chi connectivity index (χ4v) is 2.81. The van der Waals surface area contributed by atoms with Gasteiger partial charge >= 0.3 is 0 Å². The van der Waals surface area contributed by atoms with Crippen molar-refractivity contribution in [2.45, 2.75) is 39.3 Å². The molecule has 0 amide bonds. The van der Waals surface area contributed by atoms with Gasteiger partial charge in [-0.1, -0.05) is 36.8 Å². The third kappa shape index (κ3) is 5.23. The molecule has 3 nitrogen and oxygen atoms in total. The minimum Gasteiger partial charge on any atom is -0.390 e. The second-order valence-electron chi connectivity index (χ2n) is 6.26. The number of nitrogens with zero attached hydrogens (tertiary/aromatic N) is 1. The lowest BCUT2D eigenvalue weighted by molar-refractivity contribution is 0.0907. The molecule has 1 aliphatic rings. The van der Waals surface area contributed by atoms with Gasteiger partial charge < -0.3 is 15.3 Å². The first kappa shape index (κ1) is 15.5.